The van der Waals surface area contributed by atoms with Gasteiger partial charge in [-0.05, 0) is 21.3 Å². The van der Waals surface area contributed by atoms with Crippen molar-refractivity contribution >= 4 is 37.5 Å². The molecule has 0 aliphatic carbocycles. The Labute approximate surface area is 123 Å². The van der Waals surface area contributed by atoms with Gasteiger partial charge in [0.2, 0.25) is 0 Å². The van der Waals surface area contributed by atoms with Crippen LogP contribution in [0.3, 0.4) is 0 Å². The molecule has 0 radical (unpaired) electrons. The third kappa shape index (κ3) is 2.85. The molecule has 6 heteroatoms. The average molecular weight is 381 g/mol. The fourth-order valence-electron chi connectivity index (χ4n) is 1.70. The molecule has 1 aromatic carbocycles. The maximum absolute atomic E-state index is 11.1. The molecular weight excluding hydrogens is 366 g/mol. The average Bonchev–Trinajstić information content (AvgIpc) is 2.26. The molecule has 1 aromatic rings. The number of halogens is 2. The first kappa shape index (κ1) is 15.4. The smallest absolute Gasteiger partial charge is 0.275 e. The number of alkyl halides is 1. The lowest BCUT2D eigenvalue weighted by Crippen LogP contribution is -2.14. The predicted molar refractivity (Wildman–Crippen MR) is 78.7 cm³/mol. The Balaban J connectivity index is 3.69. The topological polar surface area (TPSA) is 52.4 Å². The fraction of sp³-hybridized carbons (Fsp3) is 0.500. The van der Waals surface area contributed by atoms with E-state index in [0.717, 1.165) is 5.56 Å². The van der Waals surface area contributed by atoms with E-state index in [-0.39, 0.29) is 16.0 Å². The summed E-state index contributed by atoms with van der Waals surface area (Å²) in [6, 6.07) is 1.60. The van der Waals surface area contributed by atoms with Crippen LogP contribution in [0.15, 0.2) is 10.5 Å². The Hall–Kier alpha value is -0.620. The van der Waals surface area contributed by atoms with Crippen molar-refractivity contribution in [3.8, 4) is 5.75 Å². The maximum atomic E-state index is 11.1. The van der Waals surface area contributed by atoms with Crippen LogP contribution in [-0.2, 0) is 10.7 Å². The molecule has 0 saturated carbocycles. The maximum Gasteiger partial charge on any atom is 0.275 e. The largest absolute Gasteiger partial charge is 0.495 e. The normalized spacial score (nSPS) is 11.4. The molecule has 4 nitrogen and oxygen atoms in total. The highest BCUT2D eigenvalue weighted by Crippen LogP contribution is 2.43. The Morgan fingerprint density at radius 3 is 2.33 bits per heavy atom. The summed E-state index contributed by atoms with van der Waals surface area (Å²) in [4.78, 5) is 10.8. The second-order valence-corrected chi connectivity index (χ2v) is 6.26. The van der Waals surface area contributed by atoms with E-state index in [4.69, 9.17) is 4.74 Å². The van der Waals surface area contributed by atoms with Gasteiger partial charge in [0, 0.05) is 17.0 Å². The van der Waals surface area contributed by atoms with Crippen LogP contribution in [0.1, 0.15) is 31.9 Å². The van der Waals surface area contributed by atoms with E-state index < -0.39 is 0 Å². The molecule has 0 saturated heterocycles. The number of rotatable bonds is 3. The first-order chi connectivity index (χ1) is 8.23. The highest BCUT2D eigenvalue weighted by molar-refractivity contribution is 9.11. The summed E-state index contributed by atoms with van der Waals surface area (Å²) in [5, 5.41) is 11.5. The SMILES string of the molecule is COc1c(C(C)(C)C)cc([N+](=O)[O-])c(CBr)c1Br. The zero-order valence-corrected chi connectivity index (χ0v) is 13.9. The highest BCUT2D eigenvalue weighted by Gasteiger charge is 2.28. The number of nitro benzene ring substituents is 1. The molecule has 0 unspecified atom stereocenters. The molecule has 0 aliphatic heterocycles. The van der Waals surface area contributed by atoms with E-state index in [0.29, 0.717) is 21.1 Å². The molecule has 0 bridgehead atoms. The van der Waals surface area contributed by atoms with Crippen LogP contribution in [0.2, 0.25) is 0 Å². The van der Waals surface area contributed by atoms with E-state index in [2.05, 4.69) is 31.9 Å². The van der Waals surface area contributed by atoms with Gasteiger partial charge in [0.25, 0.3) is 5.69 Å². The molecule has 1 rings (SSSR count). The number of benzene rings is 1. The minimum absolute atomic E-state index is 0.101. The van der Waals surface area contributed by atoms with Crippen LogP contribution in [0.25, 0.3) is 0 Å². The lowest BCUT2D eigenvalue weighted by atomic mass is 9.85. The standard InChI is InChI=1S/C12H15Br2NO3/c1-12(2,3)8-5-9(15(16)17)7(6-13)10(14)11(8)18-4/h5H,6H2,1-4H3. The summed E-state index contributed by atoms with van der Waals surface area (Å²) in [6.07, 6.45) is 0. The van der Waals surface area contributed by atoms with Gasteiger partial charge in [0.1, 0.15) is 5.75 Å². The van der Waals surface area contributed by atoms with Crippen molar-refractivity contribution in [2.45, 2.75) is 31.5 Å². The Morgan fingerprint density at radius 1 is 1.44 bits per heavy atom. The van der Waals surface area contributed by atoms with Gasteiger partial charge in [0.05, 0.1) is 22.1 Å². The van der Waals surface area contributed by atoms with Gasteiger partial charge in [-0.15, -0.1) is 0 Å². The molecule has 100 valence electrons. The Kier molecular flexibility index (Phi) is 4.78. The third-order valence-electron chi connectivity index (χ3n) is 2.64. The van der Waals surface area contributed by atoms with Gasteiger partial charge in [-0.3, -0.25) is 10.1 Å². The molecule has 0 fully saturated rings. The van der Waals surface area contributed by atoms with Crippen LogP contribution in [-0.4, -0.2) is 12.0 Å². The molecule has 0 heterocycles. The van der Waals surface area contributed by atoms with Crippen molar-refractivity contribution in [2.24, 2.45) is 0 Å². The zero-order valence-electron chi connectivity index (χ0n) is 10.7. The number of hydrogen-bond donors (Lipinski definition) is 0. The second kappa shape index (κ2) is 5.57. The molecule has 0 aliphatic rings. The summed E-state index contributed by atoms with van der Waals surface area (Å²) in [7, 11) is 1.57. The lowest BCUT2D eigenvalue weighted by Gasteiger charge is -2.23. The number of nitro groups is 1. The van der Waals surface area contributed by atoms with Crippen molar-refractivity contribution in [3.63, 3.8) is 0 Å². The van der Waals surface area contributed by atoms with Crippen molar-refractivity contribution in [1.29, 1.82) is 0 Å². The van der Waals surface area contributed by atoms with Gasteiger partial charge < -0.3 is 4.74 Å². The van der Waals surface area contributed by atoms with Crippen molar-refractivity contribution in [3.05, 3.63) is 31.8 Å². The van der Waals surface area contributed by atoms with Gasteiger partial charge >= 0.3 is 0 Å². The van der Waals surface area contributed by atoms with Crippen LogP contribution in [0.5, 0.6) is 5.75 Å². The van der Waals surface area contributed by atoms with Crippen molar-refractivity contribution in [1.82, 2.24) is 0 Å². The minimum atomic E-state index is -0.365. The molecular formula is C12H15Br2NO3. The molecule has 0 amide bonds. The van der Waals surface area contributed by atoms with Crippen molar-refractivity contribution in [2.75, 3.05) is 7.11 Å². The van der Waals surface area contributed by atoms with Gasteiger partial charge in [0.15, 0.2) is 0 Å². The lowest BCUT2D eigenvalue weighted by molar-refractivity contribution is -0.385. The van der Waals surface area contributed by atoms with Crippen LogP contribution in [0, 0.1) is 10.1 Å². The summed E-state index contributed by atoms with van der Waals surface area (Å²) in [6.45, 7) is 5.98. The minimum Gasteiger partial charge on any atom is -0.495 e. The van der Waals surface area contributed by atoms with Gasteiger partial charge in [-0.25, -0.2) is 0 Å². The molecule has 0 aromatic heterocycles. The van der Waals surface area contributed by atoms with E-state index in [1.165, 1.54) is 0 Å². The fourth-order valence-corrected chi connectivity index (χ4v) is 3.37. The first-order valence-corrected chi connectivity index (χ1v) is 7.25. The van der Waals surface area contributed by atoms with E-state index in [1.54, 1.807) is 13.2 Å². The number of ether oxygens (including phenoxy) is 1. The molecule has 0 atom stereocenters. The molecule has 18 heavy (non-hydrogen) atoms. The highest BCUT2D eigenvalue weighted by atomic mass is 79.9. The summed E-state index contributed by atoms with van der Waals surface area (Å²) < 4.78 is 6.03. The van der Waals surface area contributed by atoms with Crippen LogP contribution >= 0.6 is 31.9 Å². The van der Waals surface area contributed by atoms with Gasteiger partial charge in [-0.1, -0.05) is 36.7 Å². The van der Waals surface area contributed by atoms with E-state index in [1.807, 2.05) is 20.8 Å². The summed E-state index contributed by atoms with van der Waals surface area (Å²) in [5.74, 6) is 0.655. The van der Waals surface area contributed by atoms with Gasteiger partial charge in [-0.2, -0.15) is 0 Å². The summed E-state index contributed by atoms with van der Waals surface area (Å²) in [5.41, 5.74) is 1.27. The van der Waals surface area contributed by atoms with Crippen molar-refractivity contribution < 1.29 is 9.66 Å². The monoisotopic (exact) mass is 379 g/mol. The van der Waals surface area contributed by atoms with E-state index >= 15 is 0 Å². The first-order valence-electron chi connectivity index (χ1n) is 5.34. The van der Waals surface area contributed by atoms with Crippen LogP contribution in [0.4, 0.5) is 5.69 Å². The van der Waals surface area contributed by atoms with Crippen LogP contribution < -0.4 is 4.74 Å². The third-order valence-corrected chi connectivity index (χ3v) is 4.04. The second-order valence-electron chi connectivity index (χ2n) is 4.91. The predicted octanol–water partition coefficient (Wildman–Crippen LogP) is 4.56. The number of methoxy groups -OCH3 is 1. The summed E-state index contributed by atoms with van der Waals surface area (Å²) >= 11 is 6.68. The number of hydrogen-bond acceptors (Lipinski definition) is 3. The quantitative estimate of drug-likeness (QED) is 0.438. The zero-order chi connectivity index (χ0) is 14.1. The Bertz CT molecular complexity index is 481. The molecule has 0 spiro atoms. The Morgan fingerprint density at radius 2 is 2.00 bits per heavy atom. The number of nitrogens with zero attached hydrogens (tertiary/aromatic N) is 1. The van der Waals surface area contributed by atoms with E-state index in [9.17, 15) is 10.1 Å². The molecule has 0 N–H and O–H groups in total.